The number of hydrogen-bond donors (Lipinski definition) is 4. The van der Waals surface area contributed by atoms with E-state index in [-0.39, 0.29) is 6.61 Å². The molecule has 2 aliphatic rings. The zero-order valence-electron chi connectivity index (χ0n) is 13.8. The molecule has 0 bridgehead atoms. The molecule has 3 heterocycles. The Bertz CT molecular complexity index is 732. The Morgan fingerprint density at radius 1 is 1.12 bits per heavy atom. The smallest absolute Gasteiger partial charge is 0.167 e. The second kappa shape index (κ2) is 6.83. The molecule has 25 heavy (non-hydrogen) atoms. The average molecular weight is 349 g/mol. The van der Waals surface area contributed by atoms with Crippen molar-refractivity contribution in [3.05, 3.63) is 12.7 Å². The van der Waals surface area contributed by atoms with Crippen molar-refractivity contribution in [3.8, 4) is 0 Å². The third kappa shape index (κ3) is 2.97. The van der Waals surface area contributed by atoms with Crippen LogP contribution in [0.25, 0.3) is 11.2 Å². The van der Waals surface area contributed by atoms with E-state index in [2.05, 4.69) is 20.3 Å². The number of rotatable bonds is 4. The summed E-state index contributed by atoms with van der Waals surface area (Å²) in [5.74, 6) is 0.669. The van der Waals surface area contributed by atoms with E-state index >= 15 is 0 Å². The highest BCUT2D eigenvalue weighted by molar-refractivity contribution is 5.82. The largest absolute Gasteiger partial charge is 0.394 e. The van der Waals surface area contributed by atoms with Gasteiger partial charge in [0.15, 0.2) is 23.2 Å². The minimum atomic E-state index is -1.17. The number of hydrogen-bond acceptors (Lipinski definition) is 8. The van der Waals surface area contributed by atoms with Gasteiger partial charge in [0.05, 0.1) is 12.9 Å². The quantitative estimate of drug-likeness (QED) is 0.616. The molecule has 1 saturated carbocycles. The Kier molecular flexibility index (Phi) is 4.55. The molecular weight excluding hydrogens is 326 g/mol. The first-order valence-electron chi connectivity index (χ1n) is 8.75. The number of imidazole rings is 1. The van der Waals surface area contributed by atoms with Crippen molar-refractivity contribution >= 4 is 17.0 Å². The maximum atomic E-state index is 10.2. The van der Waals surface area contributed by atoms with Crippen LogP contribution >= 0.6 is 0 Å². The maximum Gasteiger partial charge on any atom is 0.167 e. The molecule has 2 aromatic rings. The molecule has 0 radical (unpaired) electrons. The molecule has 0 amide bonds. The summed E-state index contributed by atoms with van der Waals surface area (Å²) in [7, 11) is 0. The van der Waals surface area contributed by atoms with Gasteiger partial charge in [-0.25, -0.2) is 15.0 Å². The Balaban J connectivity index is 1.62. The SMILES string of the molecule is OC[C@H]1OC(n2cnc3c(NC4CCCCC4)ncnc32)[C@H](O)[C@@H]1O. The van der Waals surface area contributed by atoms with Gasteiger partial charge >= 0.3 is 0 Å². The van der Waals surface area contributed by atoms with Crippen LogP contribution in [0.5, 0.6) is 0 Å². The number of anilines is 1. The van der Waals surface area contributed by atoms with E-state index in [1.165, 1.54) is 31.9 Å². The molecule has 2 aromatic heterocycles. The first kappa shape index (κ1) is 16.6. The van der Waals surface area contributed by atoms with E-state index in [4.69, 9.17) is 4.74 Å². The lowest BCUT2D eigenvalue weighted by molar-refractivity contribution is -0.0511. The highest BCUT2D eigenvalue weighted by atomic mass is 16.6. The normalized spacial score (nSPS) is 30.8. The fourth-order valence-corrected chi connectivity index (χ4v) is 3.69. The Morgan fingerprint density at radius 3 is 2.64 bits per heavy atom. The number of nitrogens with one attached hydrogen (secondary N) is 1. The molecule has 1 saturated heterocycles. The Morgan fingerprint density at radius 2 is 1.92 bits per heavy atom. The number of fused-ring (bicyclic) bond motifs is 1. The van der Waals surface area contributed by atoms with E-state index in [9.17, 15) is 15.3 Å². The summed E-state index contributed by atoms with van der Waals surface area (Å²) in [4.78, 5) is 13.0. The van der Waals surface area contributed by atoms with E-state index in [1.54, 1.807) is 4.57 Å². The minimum Gasteiger partial charge on any atom is -0.394 e. The molecule has 4 rings (SSSR count). The van der Waals surface area contributed by atoms with Crippen molar-refractivity contribution in [2.75, 3.05) is 11.9 Å². The van der Waals surface area contributed by atoms with Gasteiger partial charge in [0, 0.05) is 6.04 Å². The molecule has 0 spiro atoms. The van der Waals surface area contributed by atoms with Gasteiger partial charge in [0.25, 0.3) is 0 Å². The summed E-state index contributed by atoms with van der Waals surface area (Å²) in [6.45, 7) is -0.370. The van der Waals surface area contributed by atoms with Crippen molar-refractivity contribution in [1.82, 2.24) is 19.5 Å². The molecule has 1 aliphatic carbocycles. The maximum absolute atomic E-state index is 10.2. The van der Waals surface area contributed by atoms with Crippen LogP contribution in [0.15, 0.2) is 12.7 Å². The molecule has 9 heteroatoms. The highest BCUT2D eigenvalue weighted by Crippen LogP contribution is 2.32. The van der Waals surface area contributed by atoms with Gasteiger partial charge in [0.1, 0.15) is 24.6 Å². The molecule has 1 aliphatic heterocycles. The lowest BCUT2D eigenvalue weighted by Gasteiger charge is -2.23. The van der Waals surface area contributed by atoms with Crippen molar-refractivity contribution in [2.24, 2.45) is 0 Å². The van der Waals surface area contributed by atoms with Crippen molar-refractivity contribution in [2.45, 2.75) is 62.7 Å². The first-order chi connectivity index (χ1) is 12.2. The van der Waals surface area contributed by atoms with Crippen LogP contribution in [-0.4, -0.2) is 65.8 Å². The van der Waals surface area contributed by atoms with Crippen LogP contribution in [0.4, 0.5) is 5.82 Å². The number of aliphatic hydroxyl groups is 3. The molecular formula is C16H23N5O4. The number of nitrogens with zero attached hydrogens (tertiary/aromatic N) is 4. The molecule has 2 fully saturated rings. The number of ether oxygens (including phenoxy) is 1. The molecule has 0 aromatic carbocycles. The average Bonchev–Trinajstić information content (AvgIpc) is 3.18. The van der Waals surface area contributed by atoms with Crippen LogP contribution in [-0.2, 0) is 4.74 Å². The van der Waals surface area contributed by atoms with E-state index in [1.807, 2.05) is 0 Å². The van der Waals surface area contributed by atoms with Gasteiger partial charge in [-0.3, -0.25) is 4.57 Å². The summed E-state index contributed by atoms with van der Waals surface area (Å²) < 4.78 is 7.15. The van der Waals surface area contributed by atoms with Gasteiger partial charge in [-0.1, -0.05) is 19.3 Å². The molecule has 136 valence electrons. The standard InChI is InChI=1S/C16H23N5O4/c22-6-10-12(23)13(24)16(25-10)21-8-19-11-14(17-7-18-15(11)21)20-9-4-2-1-3-5-9/h7-10,12-13,16,22-24H,1-6H2,(H,17,18,20)/t10-,12-,13-,16?/m1/s1. The third-order valence-corrected chi connectivity index (χ3v) is 5.10. The Labute approximate surface area is 144 Å². The first-order valence-corrected chi connectivity index (χ1v) is 8.75. The van der Waals surface area contributed by atoms with Crippen LogP contribution in [0.1, 0.15) is 38.3 Å². The van der Waals surface area contributed by atoms with Crippen molar-refractivity contribution < 1.29 is 20.1 Å². The zero-order valence-corrected chi connectivity index (χ0v) is 13.8. The summed E-state index contributed by atoms with van der Waals surface area (Å²) in [6, 6.07) is 0.380. The van der Waals surface area contributed by atoms with E-state index in [0.29, 0.717) is 23.0 Å². The predicted octanol–water partition coefficient (Wildman–Crippen LogP) is 0.182. The van der Waals surface area contributed by atoms with Crippen molar-refractivity contribution in [1.29, 1.82) is 0 Å². The van der Waals surface area contributed by atoms with Crippen LogP contribution in [0.3, 0.4) is 0 Å². The lowest BCUT2D eigenvalue weighted by atomic mass is 9.95. The Hall–Kier alpha value is -1.81. The summed E-state index contributed by atoms with van der Waals surface area (Å²) >= 11 is 0. The van der Waals surface area contributed by atoms with Gasteiger partial charge in [-0.2, -0.15) is 0 Å². The zero-order chi connectivity index (χ0) is 17.4. The van der Waals surface area contributed by atoms with Crippen LogP contribution in [0.2, 0.25) is 0 Å². The summed E-state index contributed by atoms with van der Waals surface area (Å²) in [5.41, 5.74) is 1.12. The fraction of sp³-hybridized carbons (Fsp3) is 0.688. The fourth-order valence-electron chi connectivity index (χ4n) is 3.69. The molecule has 4 atom stereocenters. The van der Waals surface area contributed by atoms with Gasteiger partial charge in [-0.05, 0) is 12.8 Å². The molecule has 9 nitrogen and oxygen atoms in total. The summed E-state index contributed by atoms with van der Waals surface area (Å²) in [6.07, 6.45) is 4.88. The third-order valence-electron chi connectivity index (χ3n) is 5.10. The monoisotopic (exact) mass is 349 g/mol. The number of aliphatic hydroxyl groups excluding tert-OH is 3. The van der Waals surface area contributed by atoms with Crippen LogP contribution in [0, 0.1) is 0 Å². The van der Waals surface area contributed by atoms with Crippen molar-refractivity contribution in [3.63, 3.8) is 0 Å². The molecule has 1 unspecified atom stereocenters. The summed E-state index contributed by atoms with van der Waals surface area (Å²) in [5, 5.41) is 32.9. The molecule has 4 N–H and O–H groups in total. The van der Waals surface area contributed by atoms with Gasteiger partial charge in [-0.15, -0.1) is 0 Å². The van der Waals surface area contributed by atoms with E-state index < -0.39 is 24.5 Å². The highest BCUT2D eigenvalue weighted by Gasteiger charge is 2.44. The number of aromatic nitrogens is 4. The van der Waals surface area contributed by atoms with Gasteiger partial charge in [0.2, 0.25) is 0 Å². The topological polar surface area (TPSA) is 126 Å². The van der Waals surface area contributed by atoms with Gasteiger partial charge < -0.3 is 25.4 Å². The minimum absolute atomic E-state index is 0.370. The second-order valence-corrected chi connectivity index (χ2v) is 6.75. The van der Waals surface area contributed by atoms with E-state index in [0.717, 1.165) is 12.8 Å². The second-order valence-electron chi connectivity index (χ2n) is 6.75. The lowest BCUT2D eigenvalue weighted by Crippen LogP contribution is -2.33. The predicted molar refractivity (Wildman–Crippen MR) is 88.8 cm³/mol. The van der Waals surface area contributed by atoms with Crippen LogP contribution < -0.4 is 5.32 Å².